The number of hydrogen-bond donors (Lipinski definition) is 0. The maximum atomic E-state index is 6.65. The summed E-state index contributed by atoms with van der Waals surface area (Å²) in [5.41, 5.74) is 3.41. The summed E-state index contributed by atoms with van der Waals surface area (Å²) in [4.78, 5) is 1.65. The molecule has 0 heterocycles. The molecule has 0 radical (unpaired) electrons. The number of benzene rings is 2. The lowest BCUT2D eigenvalue weighted by Crippen LogP contribution is -2.37. The molecule has 0 saturated heterocycles. The second-order valence-electron chi connectivity index (χ2n) is 11.4. The summed E-state index contributed by atoms with van der Waals surface area (Å²) in [5.74, 6) is 2.06. The molecule has 6 rings (SSSR count). The van der Waals surface area contributed by atoms with Crippen LogP contribution in [-0.4, -0.2) is 17.1 Å². The highest BCUT2D eigenvalue weighted by Gasteiger charge is 2.46. The van der Waals surface area contributed by atoms with Crippen molar-refractivity contribution in [2.45, 2.75) is 112 Å². The van der Waals surface area contributed by atoms with Gasteiger partial charge in [0.15, 0.2) is 4.90 Å². The van der Waals surface area contributed by atoms with Gasteiger partial charge in [-0.25, -0.2) is 0 Å². The minimum absolute atomic E-state index is 0.265. The summed E-state index contributed by atoms with van der Waals surface area (Å²) < 4.78 is 6.65. The van der Waals surface area contributed by atoms with Crippen molar-refractivity contribution in [2.24, 2.45) is 5.92 Å². The van der Waals surface area contributed by atoms with E-state index in [9.17, 15) is 0 Å². The molecule has 4 aliphatic rings. The smallest absolute Gasteiger partial charge is 0.163 e. The van der Waals surface area contributed by atoms with Crippen molar-refractivity contribution < 1.29 is 4.74 Å². The van der Waals surface area contributed by atoms with Gasteiger partial charge in [0.1, 0.15) is 16.3 Å². The summed E-state index contributed by atoms with van der Waals surface area (Å²) >= 11 is 0. The molecule has 4 aliphatic carbocycles. The van der Waals surface area contributed by atoms with Crippen LogP contribution >= 0.6 is 0 Å². The highest BCUT2D eigenvalue weighted by atomic mass is 32.2. The summed E-state index contributed by atoms with van der Waals surface area (Å²) in [6.07, 6.45) is 23.0. The van der Waals surface area contributed by atoms with Crippen molar-refractivity contribution in [1.82, 2.24) is 0 Å². The molecule has 2 unspecified atom stereocenters. The van der Waals surface area contributed by atoms with Gasteiger partial charge in [-0.1, -0.05) is 56.0 Å². The number of allylic oxidation sites excluding steroid dienone is 2. The Bertz CT molecular complexity index is 1060. The van der Waals surface area contributed by atoms with Gasteiger partial charge in [-0.05, 0) is 105 Å². The zero-order valence-corrected chi connectivity index (χ0v) is 22.3. The van der Waals surface area contributed by atoms with E-state index in [4.69, 9.17) is 4.74 Å². The molecule has 2 heteroatoms. The summed E-state index contributed by atoms with van der Waals surface area (Å²) in [7, 11) is 0.265. The Hall–Kier alpha value is -1.67. The van der Waals surface area contributed by atoms with Crippen LogP contribution in [0.25, 0.3) is 10.8 Å². The van der Waals surface area contributed by atoms with Crippen LogP contribution in [0.4, 0.5) is 0 Å². The lowest BCUT2D eigenvalue weighted by molar-refractivity contribution is 0.143. The first kappa shape index (κ1) is 23.7. The van der Waals surface area contributed by atoms with Crippen molar-refractivity contribution in [3.63, 3.8) is 0 Å². The van der Waals surface area contributed by atoms with Crippen LogP contribution in [0.2, 0.25) is 0 Å². The standard InChI is InChI=1S/C33H43OS/c1-3-12-25(13-4-1)24-34-31-22-23-33(30-20-10-9-19-29(30)31)35(27-16-5-2-6-17-27)32-21-11-15-26-14-7-8-18-28(26)32/h7-8,11,14-15,18,21-22,25,27,33H,1-6,9-10,12-13,16-17,19-20,23-24H2/q+1. The minimum atomic E-state index is 0.265. The lowest BCUT2D eigenvalue weighted by atomic mass is 9.84. The van der Waals surface area contributed by atoms with E-state index in [0.29, 0.717) is 5.25 Å². The molecule has 0 N–H and O–H groups in total. The third-order valence-corrected chi connectivity index (χ3v) is 12.3. The predicted octanol–water partition coefficient (Wildman–Crippen LogP) is 9.27. The molecular formula is C33H43OS+. The number of hydrogen-bond acceptors (Lipinski definition) is 1. The summed E-state index contributed by atoms with van der Waals surface area (Å²) in [6, 6.07) is 16.3. The maximum absolute atomic E-state index is 6.65. The molecule has 0 spiro atoms. The lowest BCUT2D eigenvalue weighted by Gasteiger charge is -2.35. The molecule has 0 aliphatic heterocycles. The number of rotatable bonds is 6. The summed E-state index contributed by atoms with van der Waals surface area (Å²) in [6.45, 7) is 0.949. The number of fused-ring (bicyclic) bond motifs is 1. The van der Waals surface area contributed by atoms with E-state index in [2.05, 4.69) is 48.5 Å². The molecule has 0 aromatic heterocycles. The van der Waals surface area contributed by atoms with Gasteiger partial charge in [0.25, 0.3) is 0 Å². The molecule has 2 aromatic carbocycles. The van der Waals surface area contributed by atoms with Crippen molar-refractivity contribution in [3.05, 3.63) is 65.4 Å². The number of ether oxygens (including phenoxy) is 1. The van der Waals surface area contributed by atoms with Gasteiger partial charge in [-0.3, -0.25) is 0 Å². The average Bonchev–Trinajstić information content (AvgIpc) is 2.94. The molecule has 0 amide bonds. The topological polar surface area (TPSA) is 9.23 Å². The molecule has 2 fully saturated rings. The first-order valence-electron chi connectivity index (χ1n) is 14.6. The van der Waals surface area contributed by atoms with Crippen LogP contribution in [0.15, 0.2) is 70.3 Å². The van der Waals surface area contributed by atoms with Crippen LogP contribution in [0.1, 0.15) is 96.3 Å². The second kappa shape index (κ2) is 11.2. The van der Waals surface area contributed by atoms with Crippen LogP contribution in [-0.2, 0) is 15.6 Å². The Morgan fingerprint density at radius 2 is 1.49 bits per heavy atom. The Kier molecular flexibility index (Phi) is 7.56. The Morgan fingerprint density at radius 1 is 0.743 bits per heavy atom. The molecular weight excluding hydrogens is 444 g/mol. The third-order valence-electron chi connectivity index (χ3n) is 9.13. The van der Waals surface area contributed by atoms with Crippen molar-refractivity contribution in [1.29, 1.82) is 0 Å². The van der Waals surface area contributed by atoms with Gasteiger partial charge in [0.2, 0.25) is 0 Å². The molecule has 1 nitrogen and oxygen atoms in total. The van der Waals surface area contributed by atoms with Gasteiger partial charge >= 0.3 is 0 Å². The highest BCUT2D eigenvalue weighted by Crippen LogP contribution is 2.46. The van der Waals surface area contributed by atoms with Gasteiger partial charge in [0, 0.05) is 22.7 Å². The van der Waals surface area contributed by atoms with E-state index in [1.807, 2.05) is 0 Å². The summed E-state index contributed by atoms with van der Waals surface area (Å²) in [5, 5.41) is 4.44. The SMILES string of the molecule is C1=C(OCC2CCCCC2)C2=C(CCCC2)C([S+](c2cccc3ccccc23)C2CCCCC2)C1. The molecule has 186 valence electrons. The van der Waals surface area contributed by atoms with Crippen molar-refractivity contribution in [3.8, 4) is 0 Å². The Morgan fingerprint density at radius 3 is 2.34 bits per heavy atom. The van der Waals surface area contributed by atoms with Gasteiger partial charge < -0.3 is 4.74 Å². The maximum Gasteiger partial charge on any atom is 0.163 e. The van der Waals surface area contributed by atoms with Crippen LogP contribution in [0.5, 0.6) is 0 Å². The van der Waals surface area contributed by atoms with Crippen LogP contribution in [0.3, 0.4) is 0 Å². The second-order valence-corrected chi connectivity index (χ2v) is 13.8. The molecule has 2 aromatic rings. The molecule has 35 heavy (non-hydrogen) atoms. The fraction of sp³-hybridized carbons (Fsp3) is 0.576. The molecule has 2 saturated carbocycles. The average molecular weight is 488 g/mol. The Labute approximate surface area is 215 Å². The van der Waals surface area contributed by atoms with E-state index in [1.54, 1.807) is 16.0 Å². The van der Waals surface area contributed by atoms with Gasteiger partial charge in [-0.2, -0.15) is 0 Å². The van der Waals surface area contributed by atoms with E-state index < -0.39 is 0 Å². The zero-order chi connectivity index (χ0) is 23.5. The normalized spacial score (nSPS) is 25.3. The van der Waals surface area contributed by atoms with Crippen LogP contribution in [0, 0.1) is 5.92 Å². The molecule has 0 bridgehead atoms. The molecule has 2 atom stereocenters. The highest BCUT2D eigenvalue weighted by molar-refractivity contribution is 7.98. The minimum Gasteiger partial charge on any atom is -0.493 e. The fourth-order valence-electron chi connectivity index (χ4n) is 7.29. The largest absolute Gasteiger partial charge is 0.493 e. The van der Waals surface area contributed by atoms with E-state index >= 15 is 0 Å². The third kappa shape index (κ3) is 5.10. The zero-order valence-electron chi connectivity index (χ0n) is 21.5. The van der Waals surface area contributed by atoms with Crippen LogP contribution < -0.4 is 0 Å². The quantitative estimate of drug-likeness (QED) is 0.369. The first-order chi connectivity index (χ1) is 17.4. The fourth-order valence-corrected chi connectivity index (χ4v) is 10.8. The van der Waals surface area contributed by atoms with Gasteiger partial charge in [0.05, 0.1) is 6.61 Å². The van der Waals surface area contributed by atoms with E-state index in [1.165, 1.54) is 113 Å². The van der Waals surface area contributed by atoms with Crippen molar-refractivity contribution in [2.75, 3.05) is 6.61 Å². The van der Waals surface area contributed by atoms with Crippen molar-refractivity contribution >= 4 is 21.7 Å². The monoisotopic (exact) mass is 487 g/mol. The van der Waals surface area contributed by atoms with E-state index in [0.717, 1.165) is 17.8 Å². The predicted molar refractivity (Wildman–Crippen MR) is 151 cm³/mol. The van der Waals surface area contributed by atoms with Gasteiger partial charge in [-0.15, -0.1) is 0 Å². The first-order valence-corrected chi connectivity index (χ1v) is 16.0. The Balaban J connectivity index is 1.34. The van der Waals surface area contributed by atoms with E-state index in [-0.39, 0.29) is 10.9 Å².